The second kappa shape index (κ2) is 8.43. The molecule has 0 radical (unpaired) electrons. The van der Waals surface area contributed by atoms with Crippen molar-refractivity contribution < 1.29 is 19.0 Å². The largest absolute Gasteiger partial charge is 0.460 e. The number of methoxy groups -OCH3 is 1. The zero-order valence-corrected chi connectivity index (χ0v) is 17.3. The molecule has 0 spiro atoms. The van der Waals surface area contributed by atoms with Gasteiger partial charge in [0.15, 0.2) is 0 Å². The van der Waals surface area contributed by atoms with Gasteiger partial charge in [0.25, 0.3) is 5.56 Å². The van der Waals surface area contributed by atoms with Gasteiger partial charge in [-0.15, -0.1) is 0 Å². The van der Waals surface area contributed by atoms with E-state index in [2.05, 4.69) is 4.98 Å². The highest BCUT2D eigenvalue weighted by atomic mass is 16.6. The first-order chi connectivity index (χ1) is 14.3. The lowest BCUT2D eigenvalue weighted by Crippen LogP contribution is -2.29. The predicted molar refractivity (Wildman–Crippen MR) is 110 cm³/mol. The van der Waals surface area contributed by atoms with Crippen LogP contribution in [-0.2, 0) is 19.0 Å². The molecule has 2 aromatic rings. The fourth-order valence-corrected chi connectivity index (χ4v) is 3.56. The molecule has 1 aromatic heterocycles. The number of benzene rings is 1. The fraction of sp³-hybridized carbons (Fsp3) is 0.318. The molecule has 1 aliphatic rings. The third kappa shape index (κ3) is 3.67. The summed E-state index contributed by atoms with van der Waals surface area (Å²) < 4.78 is 15.6. The Kier molecular flexibility index (Phi) is 5.94. The first-order valence-corrected chi connectivity index (χ1v) is 9.37. The van der Waals surface area contributed by atoms with Crippen LogP contribution in [0.5, 0.6) is 0 Å². The van der Waals surface area contributed by atoms with Crippen LogP contribution in [0.1, 0.15) is 29.5 Å². The Morgan fingerprint density at radius 3 is 2.63 bits per heavy atom. The van der Waals surface area contributed by atoms with E-state index in [1.54, 1.807) is 13.0 Å². The summed E-state index contributed by atoms with van der Waals surface area (Å²) in [5.41, 5.74) is 8.33. The van der Waals surface area contributed by atoms with Gasteiger partial charge in [-0.3, -0.25) is 4.79 Å². The summed E-state index contributed by atoms with van der Waals surface area (Å²) in [5.74, 6) is -1.67. The minimum absolute atomic E-state index is 0.0190. The number of aryl methyl sites for hydroxylation is 2. The molecule has 3 rings (SSSR count). The van der Waals surface area contributed by atoms with E-state index in [0.717, 1.165) is 16.5 Å². The number of fused-ring (bicyclic) bond motifs is 1. The third-order valence-corrected chi connectivity index (χ3v) is 5.13. The molecule has 0 aliphatic carbocycles. The molecule has 1 aromatic carbocycles. The second-order valence-corrected chi connectivity index (χ2v) is 7.07. The number of aromatic amines is 1. The summed E-state index contributed by atoms with van der Waals surface area (Å²) >= 11 is 0. The van der Waals surface area contributed by atoms with Crippen molar-refractivity contribution in [3.8, 4) is 6.07 Å². The van der Waals surface area contributed by atoms with Gasteiger partial charge in [0, 0.05) is 18.1 Å². The molecule has 1 aliphatic heterocycles. The standard InChI is InChI=1S/C22H23N3O5/c1-11-5-6-12(2)19-14(11)9-15(21(26)25-19)18-16(10-23)20(24)30-13(3)17(18)22(27)29-8-7-28-4/h5-6,9,18H,7-8,24H2,1-4H3,(H,25,26)/t18-/m1/s1. The highest BCUT2D eigenvalue weighted by molar-refractivity contribution is 5.93. The van der Waals surface area contributed by atoms with Crippen molar-refractivity contribution in [1.29, 1.82) is 5.26 Å². The van der Waals surface area contributed by atoms with E-state index in [9.17, 15) is 14.9 Å². The van der Waals surface area contributed by atoms with Crippen molar-refractivity contribution in [2.75, 3.05) is 20.3 Å². The Hall–Kier alpha value is -3.57. The van der Waals surface area contributed by atoms with Crippen LogP contribution in [-0.4, -0.2) is 31.3 Å². The molecule has 8 nitrogen and oxygen atoms in total. The SMILES string of the molecule is COCCOC(=O)C1=C(C)OC(N)=C(C#N)[C@H]1c1cc2c(C)ccc(C)c2[nH]c1=O. The summed E-state index contributed by atoms with van der Waals surface area (Å²) in [6.45, 7) is 5.59. The lowest BCUT2D eigenvalue weighted by Gasteiger charge is -2.26. The van der Waals surface area contributed by atoms with Crippen LogP contribution < -0.4 is 11.3 Å². The fourth-order valence-electron chi connectivity index (χ4n) is 3.56. The van der Waals surface area contributed by atoms with Gasteiger partial charge < -0.3 is 24.9 Å². The predicted octanol–water partition coefficient (Wildman–Crippen LogP) is 2.42. The van der Waals surface area contributed by atoms with Crippen LogP contribution in [0.4, 0.5) is 0 Å². The number of carbonyl (C=O) groups excluding carboxylic acids is 1. The average Bonchev–Trinajstić information content (AvgIpc) is 2.70. The molecule has 1 atom stereocenters. The smallest absolute Gasteiger partial charge is 0.338 e. The van der Waals surface area contributed by atoms with Crippen molar-refractivity contribution in [2.24, 2.45) is 5.73 Å². The number of nitriles is 1. The number of allylic oxidation sites excluding steroid dienone is 2. The summed E-state index contributed by atoms with van der Waals surface area (Å²) in [7, 11) is 1.49. The molecular weight excluding hydrogens is 386 g/mol. The highest BCUT2D eigenvalue weighted by Crippen LogP contribution is 2.39. The molecule has 2 heterocycles. The minimum atomic E-state index is -1.01. The molecule has 0 unspecified atom stereocenters. The number of H-pyrrole nitrogens is 1. The number of nitrogens with zero attached hydrogens (tertiary/aromatic N) is 1. The van der Waals surface area contributed by atoms with Gasteiger partial charge in [-0.05, 0) is 38.0 Å². The molecule has 3 N–H and O–H groups in total. The quantitative estimate of drug-likeness (QED) is 0.573. The number of pyridine rings is 1. The second-order valence-electron chi connectivity index (χ2n) is 7.07. The van der Waals surface area contributed by atoms with E-state index in [-0.39, 0.29) is 41.6 Å². The van der Waals surface area contributed by atoms with Crippen LogP contribution in [0, 0.1) is 25.2 Å². The van der Waals surface area contributed by atoms with Gasteiger partial charge in [-0.25, -0.2) is 4.79 Å². The summed E-state index contributed by atoms with van der Waals surface area (Å²) in [4.78, 5) is 28.8. The van der Waals surface area contributed by atoms with Crippen LogP contribution in [0.25, 0.3) is 10.9 Å². The Morgan fingerprint density at radius 2 is 1.97 bits per heavy atom. The van der Waals surface area contributed by atoms with Gasteiger partial charge in [0.1, 0.15) is 24.0 Å². The van der Waals surface area contributed by atoms with Crippen molar-refractivity contribution >= 4 is 16.9 Å². The van der Waals surface area contributed by atoms with Crippen molar-refractivity contribution in [3.63, 3.8) is 0 Å². The zero-order chi connectivity index (χ0) is 22.0. The van der Waals surface area contributed by atoms with Crippen LogP contribution in [0.15, 0.2) is 45.8 Å². The molecule has 0 fully saturated rings. The van der Waals surface area contributed by atoms with Gasteiger partial charge in [-0.1, -0.05) is 12.1 Å². The maximum Gasteiger partial charge on any atom is 0.338 e. The van der Waals surface area contributed by atoms with E-state index in [1.807, 2.05) is 32.0 Å². The van der Waals surface area contributed by atoms with Gasteiger partial charge in [0.2, 0.25) is 5.88 Å². The lowest BCUT2D eigenvalue weighted by molar-refractivity contribution is -0.140. The van der Waals surface area contributed by atoms with Crippen molar-refractivity contribution in [1.82, 2.24) is 4.98 Å². The summed E-state index contributed by atoms with van der Waals surface area (Å²) in [6.07, 6.45) is 0. The van der Waals surface area contributed by atoms with E-state index in [1.165, 1.54) is 7.11 Å². The lowest BCUT2D eigenvalue weighted by atomic mass is 9.83. The number of esters is 1. The maximum atomic E-state index is 13.0. The Bertz CT molecular complexity index is 1180. The van der Waals surface area contributed by atoms with Gasteiger partial charge in [-0.2, -0.15) is 5.26 Å². The van der Waals surface area contributed by atoms with E-state index < -0.39 is 17.4 Å². The van der Waals surface area contributed by atoms with Gasteiger partial charge in [0.05, 0.1) is 23.6 Å². The Balaban J connectivity index is 2.23. The first kappa shape index (κ1) is 21.1. The summed E-state index contributed by atoms with van der Waals surface area (Å²) in [6, 6.07) is 7.55. The Labute approximate surface area is 173 Å². The molecule has 0 amide bonds. The number of carbonyl (C=O) groups is 1. The molecular formula is C22H23N3O5. The molecule has 156 valence electrons. The van der Waals surface area contributed by atoms with E-state index in [4.69, 9.17) is 19.9 Å². The average molecular weight is 409 g/mol. The van der Waals surface area contributed by atoms with E-state index >= 15 is 0 Å². The number of nitrogens with one attached hydrogen (secondary N) is 1. The minimum Gasteiger partial charge on any atom is -0.460 e. The number of hydrogen-bond acceptors (Lipinski definition) is 7. The molecule has 30 heavy (non-hydrogen) atoms. The zero-order valence-electron chi connectivity index (χ0n) is 17.3. The number of ether oxygens (including phenoxy) is 3. The number of hydrogen-bond donors (Lipinski definition) is 2. The van der Waals surface area contributed by atoms with Gasteiger partial charge >= 0.3 is 5.97 Å². The van der Waals surface area contributed by atoms with Crippen molar-refractivity contribution in [3.05, 3.63) is 68.0 Å². The number of aromatic nitrogens is 1. The topological polar surface area (TPSA) is 127 Å². The first-order valence-electron chi connectivity index (χ1n) is 9.37. The Morgan fingerprint density at radius 1 is 1.27 bits per heavy atom. The van der Waals surface area contributed by atoms with Crippen LogP contribution >= 0.6 is 0 Å². The molecule has 0 saturated heterocycles. The summed E-state index contributed by atoms with van der Waals surface area (Å²) in [5, 5.41) is 10.5. The highest BCUT2D eigenvalue weighted by Gasteiger charge is 2.38. The van der Waals surface area contributed by atoms with Crippen LogP contribution in [0.3, 0.4) is 0 Å². The number of nitrogens with two attached hydrogens (primary N) is 1. The molecule has 0 bridgehead atoms. The van der Waals surface area contributed by atoms with Crippen molar-refractivity contribution in [2.45, 2.75) is 26.7 Å². The number of rotatable bonds is 5. The molecule has 0 saturated carbocycles. The van der Waals surface area contributed by atoms with Crippen LogP contribution in [0.2, 0.25) is 0 Å². The monoisotopic (exact) mass is 409 g/mol. The normalized spacial score (nSPS) is 16.4. The maximum absolute atomic E-state index is 13.0. The molecule has 8 heteroatoms. The third-order valence-electron chi connectivity index (χ3n) is 5.13. The van der Waals surface area contributed by atoms with E-state index in [0.29, 0.717) is 5.52 Å².